The van der Waals surface area contributed by atoms with Gasteiger partial charge in [-0.1, -0.05) is 61.0 Å². The van der Waals surface area contributed by atoms with Crippen molar-refractivity contribution >= 4 is 11.8 Å². The number of hydroxylamine groups is 1. The summed E-state index contributed by atoms with van der Waals surface area (Å²) in [6, 6.07) is 21.8. The van der Waals surface area contributed by atoms with Crippen LogP contribution in [0.1, 0.15) is 78.9 Å². The second kappa shape index (κ2) is 17.6. The first-order valence-corrected chi connectivity index (χ1v) is 15.3. The highest BCUT2D eigenvalue weighted by atomic mass is 16.7. The molecule has 1 fully saturated rings. The molecule has 0 saturated carbocycles. The smallest absolute Gasteiger partial charge is 0.243 e. The lowest BCUT2D eigenvalue weighted by molar-refractivity contribution is -0.252. The third kappa shape index (κ3) is 10.8. The number of pyridine rings is 1. The van der Waals surface area contributed by atoms with E-state index in [9.17, 15) is 14.7 Å². The van der Waals surface area contributed by atoms with Gasteiger partial charge in [-0.2, -0.15) is 0 Å². The molecule has 2 aromatic carbocycles. The average Bonchev–Trinajstić information content (AvgIpc) is 3.06. The Morgan fingerprint density at radius 3 is 2.30 bits per heavy atom. The molecule has 0 unspecified atom stereocenters. The van der Waals surface area contributed by atoms with Crippen molar-refractivity contribution < 1.29 is 29.4 Å². The Bertz CT molecular complexity index is 1290. The molecule has 0 spiro atoms. The number of hydrogen-bond donors (Lipinski definition) is 4. The van der Waals surface area contributed by atoms with E-state index in [1.54, 1.807) is 5.48 Å². The van der Waals surface area contributed by atoms with Crippen LogP contribution in [-0.4, -0.2) is 58.3 Å². The topological polar surface area (TPSA) is 133 Å². The van der Waals surface area contributed by atoms with Crippen LogP contribution >= 0.6 is 0 Å². The van der Waals surface area contributed by atoms with Gasteiger partial charge >= 0.3 is 0 Å². The second-order valence-corrected chi connectivity index (χ2v) is 11.3. The predicted octanol–water partition coefficient (Wildman–Crippen LogP) is 4.37. The van der Waals surface area contributed by atoms with E-state index in [2.05, 4.69) is 22.2 Å². The Morgan fingerprint density at radius 2 is 1.61 bits per heavy atom. The summed E-state index contributed by atoms with van der Waals surface area (Å²) in [6.07, 6.45) is 5.32. The molecule has 0 aliphatic carbocycles. The normalized spacial score (nSPS) is 18.2. The molecule has 3 aromatic rings. The van der Waals surface area contributed by atoms with Crippen LogP contribution in [0.15, 0.2) is 72.9 Å². The fourth-order valence-electron chi connectivity index (χ4n) is 5.21. The van der Waals surface area contributed by atoms with Crippen molar-refractivity contribution in [3.63, 3.8) is 0 Å². The van der Waals surface area contributed by atoms with Gasteiger partial charge in [0.25, 0.3) is 0 Å². The first-order chi connectivity index (χ1) is 21.4. The molecule has 236 valence electrons. The third-order valence-electron chi connectivity index (χ3n) is 7.78. The minimum atomic E-state index is -0.544. The molecule has 10 nitrogen and oxygen atoms in total. The quantitative estimate of drug-likeness (QED) is 0.108. The van der Waals surface area contributed by atoms with Crippen molar-refractivity contribution in [2.75, 3.05) is 20.1 Å². The number of ether oxygens (including phenoxy) is 2. The van der Waals surface area contributed by atoms with Gasteiger partial charge in [0, 0.05) is 62.8 Å². The van der Waals surface area contributed by atoms with Crippen LogP contribution in [0, 0.1) is 0 Å². The summed E-state index contributed by atoms with van der Waals surface area (Å²) in [4.78, 5) is 30.0. The highest BCUT2D eigenvalue weighted by Gasteiger charge is 2.32. The number of hydrogen-bond acceptors (Lipinski definition) is 8. The van der Waals surface area contributed by atoms with Crippen molar-refractivity contribution in [1.82, 2.24) is 20.7 Å². The molecule has 0 bridgehead atoms. The molecule has 1 aromatic heterocycles. The van der Waals surface area contributed by atoms with Gasteiger partial charge in [0.2, 0.25) is 11.8 Å². The average molecular weight is 605 g/mol. The number of benzene rings is 2. The van der Waals surface area contributed by atoms with Crippen LogP contribution in [-0.2, 0) is 38.6 Å². The molecule has 3 atom stereocenters. The molecule has 4 N–H and O–H groups in total. The molecule has 2 heterocycles. The van der Waals surface area contributed by atoms with Crippen LogP contribution in [0.4, 0.5) is 0 Å². The Balaban J connectivity index is 1.32. The molecule has 4 rings (SSSR count). The Kier molecular flexibility index (Phi) is 13.3. The lowest BCUT2D eigenvalue weighted by Crippen LogP contribution is -2.38. The summed E-state index contributed by atoms with van der Waals surface area (Å²) in [7, 11) is 2.10. The van der Waals surface area contributed by atoms with E-state index in [1.807, 2.05) is 72.9 Å². The summed E-state index contributed by atoms with van der Waals surface area (Å²) in [6.45, 7) is 2.03. The number of unbranched alkanes of at least 4 members (excludes halogenated alkanes) is 2. The maximum absolute atomic E-state index is 12.3. The van der Waals surface area contributed by atoms with Gasteiger partial charge in [0.05, 0.1) is 18.8 Å². The molecular weight excluding hydrogens is 560 g/mol. The molecule has 1 aliphatic rings. The van der Waals surface area contributed by atoms with E-state index in [0.717, 1.165) is 53.9 Å². The Morgan fingerprint density at radius 1 is 0.909 bits per heavy atom. The maximum atomic E-state index is 12.3. The number of carbonyl (C=O) groups excluding carboxylic acids is 2. The van der Waals surface area contributed by atoms with Crippen LogP contribution in [0.2, 0.25) is 0 Å². The zero-order valence-electron chi connectivity index (χ0n) is 25.4. The number of carbonyl (C=O) groups is 2. The zero-order valence-corrected chi connectivity index (χ0v) is 25.4. The first-order valence-electron chi connectivity index (χ1n) is 15.3. The van der Waals surface area contributed by atoms with Gasteiger partial charge in [-0.05, 0) is 48.7 Å². The van der Waals surface area contributed by atoms with Crippen molar-refractivity contribution in [3.05, 3.63) is 101 Å². The van der Waals surface area contributed by atoms with Crippen LogP contribution in [0.5, 0.6) is 0 Å². The van der Waals surface area contributed by atoms with Gasteiger partial charge in [-0.3, -0.25) is 19.8 Å². The largest absolute Gasteiger partial charge is 0.392 e. The number of nitrogens with zero attached hydrogens (tertiary/aromatic N) is 2. The molecule has 2 amide bonds. The number of amides is 2. The van der Waals surface area contributed by atoms with E-state index >= 15 is 0 Å². The number of aliphatic hydroxyl groups excluding tert-OH is 1. The van der Waals surface area contributed by atoms with E-state index < -0.39 is 12.2 Å². The number of rotatable bonds is 16. The summed E-state index contributed by atoms with van der Waals surface area (Å²) >= 11 is 0. The number of aliphatic hydroxyl groups is 1. The van der Waals surface area contributed by atoms with Crippen LogP contribution in [0.3, 0.4) is 0 Å². The minimum absolute atomic E-state index is 0.000455. The van der Waals surface area contributed by atoms with Gasteiger partial charge in [-0.25, -0.2) is 5.48 Å². The Labute approximate surface area is 259 Å². The van der Waals surface area contributed by atoms with Gasteiger partial charge in [0.1, 0.15) is 0 Å². The number of aromatic nitrogens is 1. The van der Waals surface area contributed by atoms with Gasteiger partial charge < -0.3 is 24.8 Å². The molecule has 10 heteroatoms. The predicted molar refractivity (Wildman–Crippen MR) is 165 cm³/mol. The van der Waals surface area contributed by atoms with Crippen LogP contribution in [0.25, 0.3) is 0 Å². The number of nitrogens with one attached hydrogen (secondary N) is 2. The van der Waals surface area contributed by atoms with Crippen LogP contribution < -0.4 is 10.8 Å². The van der Waals surface area contributed by atoms with Gasteiger partial charge in [0.15, 0.2) is 6.29 Å². The Hall–Kier alpha value is -3.67. The number of likely N-dealkylation sites (N-methyl/N-ethyl adjacent to an activating group) is 1. The van der Waals surface area contributed by atoms with Gasteiger partial charge in [-0.15, -0.1) is 0 Å². The molecular formula is C34H44N4O6. The van der Waals surface area contributed by atoms with E-state index in [-0.39, 0.29) is 31.1 Å². The zero-order chi connectivity index (χ0) is 31.1. The lowest BCUT2D eigenvalue weighted by atomic mass is 9.99. The lowest BCUT2D eigenvalue weighted by Gasteiger charge is -2.38. The fourth-order valence-corrected chi connectivity index (χ4v) is 5.21. The molecule has 0 radical (unpaired) electrons. The van der Waals surface area contributed by atoms with Crippen molar-refractivity contribution in [2.24, 2.45) is 0 Å². The van der Waals surface area contributed by atoms with Crippen molar-refractivity contribution in [1.29, 1.82) is 0 Å². The summed E-state index contributed by atoms with van der Waals surface area (Å²) < 4.78 is 13.0. The standard InChI is InChI=1S/C34H44N4O6/c1-38(20-18-29-7-5-6-19-35-29)23-30-21-31(27-14-12-26(24-39)13-15-27)44-34(43-30)28-16-10-25(11-17-28)22-36-32(40)8-3-2-4-9-33(41)37-42/h5-7,10-17,19,30-31,34,39,42H,2-4,8-9,18,20-24H2,1H3,(H,36,40)(H,37,41)/t30-,31+,34+/m0/s1. The second-order valence-electron chi connectivity index (χ2n) is 11.3. The van der Waals surface area contributed by atoms with E-state index in [1.165, 1.54) is 0 Å². The summed E-state index contributed by atoms with van der Waals surface area (Å²) in [5.74, 6) is -0.446. The summed E-state index contributed by atoms with van der Waals surface area (Å²) in [5.41, 5.74) is 6.46. The summed E-state index contributed by atoms with van der Waals surface area (Å²) in [5, 5.41) is 21.0. The van der Waals surface area contributed by atoms with E-state index in [4.69, 9.17) is 14.7 Å². The SMILES string of the molecule is CN(CCc1ccccn1)C[C@@H]1C[C@H](c2ccc(CO)cc2)O[C@H](c2ccc(CNC(=O)CCCCCC(=O)NO)cc2)O1. The molecule has 1 saturated heterocycles. The third-order valence-corrected chi connectivity index (χ3v) is 7.78. The van der Waals surface area contributed by atoms with Crippen molar-refractivity contribution in [3.8, 4) is 0 Å². The monoisotopic (exact) mass is 604 g/mol. The van der Waals surface area contributed by atoms with Crippen molar-refractivity contribution in [2.45, 2.75) is 76.6 Å². The fraction of sp³-hybridized carbons (Fsp3) is 0.441. The molecule has 1 aliphatic heterocycles. The first kappa shape index (κ1) is 33.2. The minimum Gasteiger partial charge on any atom is -0.392 e. The maximum Gasteiger partial charge on any atom is 0.243 e. The molecule has 44 heavy (non-hydrogen) atoms. The highest BCUT2D eigenvalue weighted by Crippen LogP contribution is 2.38. The highest BCUT2D eigenvalue weighted by molar-refractivity contribution is 5.76. The van der Waals surface area contributed by atoms with E-state index in [0.29, 0.717) is 32.2 Å².